The van der Waals surface area contributed by atoms with Gasteiger partial charge in [0.15, 0.2) is 0 Å². The highest BCUT2D eigenvalue weighted by molar-refractivity contribution is 5.97. The lowest BCUT2D eigenvalue weighted by Crippen LogP contribution is -2.03. The topological polar surface area (TPSA) is 51.8 Å². The van der Waals surface area contributed by atoms with E-state index in [2.05, 4.69) is 73.2 Å². The second-order valence-corrected chi connectivity index (χ2v) is 5.67. The molecule has 0 bridgehead atoms. The van der Waals surface area contributed by atoms with Crippen molar-refractivity contribution in [2.45, 2.75) is 26.7 Å². The summed E-state index contributed by atoms with van der Waals surface area (Å²) in [5, 5.41) is 2.41. The lowest BCUT2D eigenvalue weighted by atomic mass is 9.96. The fourth-order valence-electron chi connectivity index (χ4n) is 2.63. The summed E-state index contributed by atoms with van der Waals surface area (Å²) in [7, 11) is 0. The molecule has 0 aliphatic rings. The fourth-order valence-corrected chi connectivity index (χ4v) is 2.63. The molecule has 3 heteroatoms. The monoisotopic (exact) mass is 277 g/mol. The Labute approximate surface area is 124 Å². The largest absolute Gasteiger partial charge is 0.368 e. The molecular formula is C18H19N3. The molecule has 21 heavy (non-hydrogen) atoms. The van der Waals surface area contributed by atoms with E-state index in [0.717, 1.165) is 17.0 Å². The molecule has 2 aromatic carbocycles. The smallest absolute Gasteiger partial charge is 0.220 e. The third-order valence-corrected chi connectivity index (χ3v) is 3.75. The highest BCUT2D eigenvalue weighted by Gasteiger charge is 2.12. The first-order valence-electron chi connectivity index (χ1n) is 7.19. The van der Waals surface area contributed by atoms with E-state index >= 15 is 0 Å². The molecule has 0 aliphatic heterocycles. The molecule has 1 heterocycles. The van der Waals surface area contributed by atoms with Gasteiger partial charge in [0, 0.05) is 11.3 Å². The molecule has 3 aromatic rings. The van der Waals surface area contributed by atoms with Crippen LogP contribution in [0.4, 0.5) is 5.95 Å². The highest BCUT2D eigenvalue weighted by atomic mass is 15.0. The van der Waals surface area contributed by atoms with Gasteiger partial charge < -0.3 is 5.73 Å². The number of nitrogens with two attached hydrogens (primary N) is 1. The maximum absolute atomic E-state index is 5.91. The predicted molar refractivity (Wildman–Crippen MR) is 88.2 cm³/mol. The van der Waals surface area contributed by atoms with Crippen LogP contribution in [0.1, 0.15) is 31.0 Å². The maximum Gasteiger partial charge on any atom is 0.220 e. The molecule has 0 aliphatic carbocycles. The summed E-state index contributed by atoms with van der Waals surface area (Å²) >= 11 is 0. The Bertz CT molecular complexity index is 807. The molecule has 3 nitrogen and oxygen atoms in total. The Balaban J connectivity index is 2.32. The van der Waals surface area contributed by atoms with E-state index in [9.17, 15) is 0 Å². The Morgan fingerprint density at radius 1 is 1.00 bits per heavy atom. The normalized spacial score (nSPS) is 11.2. The van der Waals surface area contributed by atoms with E-state index in [4.69, 9.17) is 5.73 Å². The minimum Gasteiger partial charge on any atom is -0.368 e. The van der Waals surface area contributed by atoms with E-state index in [-0.39, 0.29) is 0 Å². The maximum atomic E-state index is 5.91. The number of rotatable bonds is 2. The number of aryl methyl sites for hydroxylation is 1. The fraction of sp³-hybridized carbons (Fsp3) is 0.222. The number of nitrogen functional groups attached to an aromatic ring is 1. The lowest BCUT2D eigenvalue weighted by molar-refractivity contribution is 0.819. The summed E-state index contributed by atoms with van der Waals surface area (Å²) in [6.07, 6.45) is 0. The van der Waals surface area contributed by atoms with Gasteiger partial charge in [-0.2, -0.15) is 0 Å². The molecule has 0 atom stereocenters. The second-order valence-electron chi connectivity index (χ2n) is 5.67. The van der Waals surface area contributed by atoms with Crippen molar-refractivity contribution in [2.24, 2.45) is 0 Å². The second kappa shape index (κ2) is 5.17. The van der Waals surface area contributed by atoms with Gasteiger partial charge in [0.2, 0.25) is 5.95 Å². The molecule has 2 N–H and O–H groups in total. The van der Waals surface area contributed by atoms with Crippen LogP contribution < -0.4 is 5.73 Å². The van der Waals surface area contributed by atoms with E-state index < -0.39 is 0 Å². The number of fused-ring (bicyclic) bond motifs is 1. The number of benzene rings is 2. The summed E-state index contributed by atoms with van der Waals surface area (Å²) in [4.78, 5) is 8.80. The molecule has 1 aromatic heterocycles. The molecule has 0 amide bonds. The molecule has 3 rings (SSSR count). The van der Waals surface area contributed by atoms with Crippen molar-refractivity contribution in [3.63, 3.8) is 0 Å². The van der Waals surface area contributed by atoms with Crippen LogP contribution >= 0.6 is 0 Å². The Kier molecular flexibility index (Phi) is 3.34. The third kappa shape index (κ3) is 2.47. The number of nitrogens with zero attached hydrogens (tertiary/aromatic N) is 2. The van der Waals surface area contributed by atoms with Gasteiger partial charge in [-0.05, 0) is 35.2 Å². The zero-order valence-electron chi connectivity index (χ0n) is 12.6. The molecule has 106 valence electrons. The van der Waals surface area contributed by atoms with E-state index in [1.54, 1.807) is 0 Å². The van der Waals surface area contributed by atoms with Crippen molar-refractivity contribution in [3.05, 3.63) is 53.7 Å². The van der Waals surface area contributed by atoms with Crippen LogP contribution in [0.2, 0.25) is 0 Å². The lowest BCUT2D eigenvalue weighted by Gasteiger charge is -2.13. The Hall–Kier alpha value is -2.42. The molecule has 0 radical (unpaired) electrons. The summed E-state index contributed by atoms with van der Waals surface area (Å²) in [5.74, 6) is 0.660. The molecule has 0 saturated carbocycles. The van der Waals surface area contributed by atoms with Crippen LogP contribution in [-0.2, 0) is 0 Å². The number of aromatic nitrogens is 2. The Morgan fingerprint density at radius 2 is 1.76 bits per heavy atom. The van der Waals surface area contributed by atoms with E-state index in [1.165, 1.54) is 16.3 Å². The summed E-state index contributed by atoms with van der Waals surface area (Å²) < 4.78 is 0. The number of hydrogen-bond donors (Lipinski definition) is 1. The minimum atomic E-state index is 0.323. The zero-order valence-corrected chi connectivity index (χ0v) is 12.6. The first-order valence-corrected chi connectivity index (χ1v) is 7.19. The first-order chi connectivity index (χ1) is 10.1. The van der Waals surface area contributed by atoms with Crippen molar-refractivity contribution >= 4 is 16.7 Å². The van der Waals surface area contributed by atoms with Gasteiger partial charge in [-0.15, -0.1) is 0 Å². The van der Waals surface area contributed by atoms with Gasteiger partial charge in [-0.1, -0.05) is 50.2 Å². The Morgan fingerprint density at radius 3 is 2.52 bits per heavy atom. The van der Waals surface area contributed by atoms with Crippen molar-refractivity contribution in [2.75, 3.05) is 5.73 Å². The number of hydrogen-bond acceptors (Lipinski definition) is 3. The van der Waals surface area contributed by atoms with Gasteiger partial charge in [0.1, 0.15) is 0 Å². The SMILES string of the molecule is Cc1ccc2ccccc2c1-c1cc(C(C)C)nc(N)n1. The van der Waals surface area contributed by atoms with Crippen LogP contribution in [0.5, 0.6) is 0 Å². The summed E-state index contributed by atoms with van der Waals surface area (Å²) in [5.41, 5.74) is 10.1. The van der Waals surface area contributed by atoms with Crippen LogP contribution in [0.3, 0.4) is 0 Å². The van der Waals surface area contributed by atoms with Crippen LogP contribution in [-0.4, -0.2) is 9.97 Å². The quantitative estimate of drug-likeness (QED) is 0.759. The number of anilines is 1. The molecule has 0 saturated heterocycles. The molecular weight excluding hydrogens is 258 g/mol. The van der Waals surface area contributed by atoms with Gasteiger partial charge in [0.05, 0.1) is 5.69 Å². The molecule has 0 spiro atoms. The zero-order chi connectivity index (χ0) is 15.0. The predicted octanol–water partition coefficient (Wildman–Crippen LogP) is 4.31. The van der Waals surface area contributed by atoms with Crippen molar-refractivity contribution < 1.29 is 0 Å². The van der Waals surface area contributed by atoms with Gasteiger partial charge in [-0.25, -0.2) is 9.97 Å². The van der Waals surface area contributed by atoms with Crippen LogP contribution in [0.15, 0.2) is 42.5 Å². The standard InChI is InChI=1S/C18H19N3/c1-11(2)15-10-16(21-18(19)20-15)17-12(3)8-9-13-6-4-5-7-14(13)17/h4-11H,1-3H3,(H2,19,20,21). The van der Waals surface area contributed by atoms with E-state index in [0.29, 0.717) is 11.9 Å². The van der Waals surface area contributed by atoms with Gasteiger partial charge in [0.25, 0.3) is 0 Å². The minimum absolute atomic E-state index is 0.323. The van der Waals surface area contributed by atoms with Crippen LogP contribution in [0, 0.1) is 6.92 Å². The van der Waals surface area contributed by atoms with Gasteiger partial charge in [-0.3, -0.25) is 0 Å². The molecule has 0 unspecified atom stereocenters. The van der Waals surface area contributed by atoms with Crippen molar-refractivity contribution in [1.82, 2.24) is 9.97 Å². The average molecular weight is 277 g/mol. The third-order valence-electron chi connectivity index (χ3n) is 3.75. The highest BCUT2D eigenvalue weighted by Crippen LogP contribution is 2.32. The summed E-state index contributed by atoms with van der Waals surface area (Å²) in [6.45, 7) is 6.33. The van der Waals surface area contributed by atoms with Crippen LogP contribution in [0.25, 0.3) is 22.0 Å². The van der Waals surface area contributed by atoms with Crippen molar-refractivity contribution in [3.8, 4) is 11.3 Å². The van der Waals surface area contributed by atoms with Crippen molar-refractivity contribution in [1.29, 1.82) is 0 Å². The average Bonchev–Trinajstić information content (AvgIpc) is 2.46. The molecule has 0 fully saturated rings. The van der Waals surface area contributed by atoms with E-state index in [1.807, 2.05) is 0 Å². The van der Waals surface area contributed by atoms with Gasteiger partial charge >= 0.3 is 0 Å². The first kappa shape index (κ1) is 13.6. The summed E-state index contributed by atoms with van der Waals surface area (Å²) in [6, 6.07) is 14.7.